The molecular formula is C21H22N2O4. The second kappa shape index (κ2) is 7.61. The molecule has 1 amide bonds. The van der Waals surface area contributed by atoms with E-state index in [1.165, 1.54) is 12.0 Å². The largest absolute Gasteiger partial charge is 0.480 e. The Balaban J connectivity index is 1.92. The van der Waals surface area contributed by atoms with Crippen LogP contribution in [0.2, 0.25) is 0 Å². The smallest absolute Gasteiger partial charge is 0.326 e. The lowest BCUT2D eigenvalue weighted by Gasteiger charge is -2.22. The molecule has 0 bridgehead atoms. The van der Waals surface area contributed by atoms with Gasteiger partial charge in [-0.2, -0.15) is 0 Å². The summed E-state index contributed by atoms with van der Waals surface area (Å²) in [6.45, 7) is 4.07. The molecule has 0 spiro atoms. The average Bonchev–Trinajstić information content (AvgIpc) is 3.06. The molecule has 0 radical (unpaired) electrons. The Hall–Kier alpha value is -3.15. The van der Waals surface area contributed by atoms with Gasteiger partial charge in [0.05, 0.1) is 12.3 Å². The molecule has 1 saturated heterocycles. The molecule has 27 heavy (non-hydrogen) atoms. The van der Waals surface area contributed by atoms with E-state index in [2.05, 4.69) is 5.16 Å². The quantitative estimate of drug-likeness (QED) is 0.842. The first-order chi connectivity index (χ1) is 12.9. The normalized spacial score (nSPS) is 18.0. The highest BCUT2D eigenvalue weighted by molar-refractivity contribution is 6.05. The Morgan fingerprint density at radius 3 is 2.52 bits per heavy atom. The maximum absolute atomic E-state index is 13.0. The first-order valence-electron chi connectivity index (χ1n) is 8.71. The Morgan fingerprint density at radius 2 is 1.89 bits per heavy atom. The van der Waals surface area contributed by atoms with Crippen molar-refractivity contribution in [3.63, 3.8) is 0 Å². The van der Waals surface area contributed by atoms with E-state index in [0.717, 1.165) is 22.3 Å². The van der Waals surface area contributed by atoms with Gasteiger partial charge in [0.1, 0.15) is 13.2 Å². The van der Waals surface area contributed by atoms with Crippen molar-refractivity contribution in [3.8, 4) is 11.1 Å². The van der Waals surface area contributed by atoms with E-state index in [0.29, 0.717) is 11.3 Å². The van der Waals surface area contributed by atoms with Crippen LogP contribution in [-0.4, -0.2) is 47.3 Å². The van der Waals surface area contributed by atoms with Crippen LogP contribution in [-0.2, 0) is 9.63 Å². The van der Waals surface area contributed by atoms with Gasteiger partial charge in [0.25, 0.3) is 5.91 Å². The summed E-state index contributed by atoms with van der Waals surface area (Å²) in [5.41, 5.74) is 5.15. The van der Waals surface area contributed by atoms with Crippen molar-refractivity contribution < 1.29 is 19.5 Å². The molecule has 0 aromatic heterocycles. The number of likely N-dealkylation sites (tertiary alicyclic amines) is 1. The molecule has 0 unspecified atom stereocenters. The summed E-state index contributed by atoms with van der Waals surface area (Å²) in [6.07, 6.45) is 0.176. The number of benzene rings is 2. The highest BCUT2D eigenvalue weighted by Gasteiger charge is 2.38. The number of carbonyl (C=O) groups is 2. The van der Waals surface area contributed by atoms with Crippen molar-refractivity contribution in [2.75, 3.05) is 13.7 Å². The minimum Gasteiger partial charge on any atom is -0.480 e. The highest BCUT2D eigenvalue weighted by atomic mass is 16.6. The van der Waals surface area contributed by atoms with Gasteiger partial charge in [0, 0.05) is 12.0 Å². The van der Waals surface area contributed by atoms with Crippen LogP contribution < -0.4 is 0 Å². The summed E-state index contributed by atoms with van der Waals surface area (Å²) in [5.74, 6) is -1.35. The van der Waals surface area contributed by atoms with Crippen LogP contribution in [0.15, 0.2) is 47.6 Å². The van der Waals surface area contributed by atoms with Gasteiger partial charge in [-0.15, -0.1) is 0 Å². The number of hydrogen-bond acceptors (Lipinski definition) is 4. The number of nitrogens with zero attached hydrogens (tertiary/aromatic N) is 2. The number of aliphatic carboxylic acids is 1. The molecule has 1 fully saturated rings. The molecule has 6 heteroatoms. The van der Waals surface area contributed by atoms with Crippen molar-refractivity contribution >= 4 is 17.6 Å². The second-order valence-electron chi connectivity index (χ2n) is 6.68. The van der Waals surface area contributed by atoms with E-state index in [4.69, 9.17) is 4.84 Å². The van der Waals surface area contributed by atoms with Crippen LogP contribution in [0.5, 0.6) is 0 Å². The molecule has 1 atom stereocenters. The highest BCUT2D eigenvalue weighted by Crippen LogP contribution is 2.27. The minimum absolute atomic E-state index is 0.155. The standard InChI is InChI=1S/C21H22N2O4/c1-13-6-4-5-7-17(13)15-8-9-18(14(2)10-15)20(24)23-12-16(22-27-3)11-19(23)21(25)26/h4-10,19H,11-12H2,1-3H3,(H,25,26)/t19-/m0/s1. The Labute approximate surface area is 158 Å². The van der Waals surface area contributed by atoms with Gasteiger partial charge >= 0.3 is 5.97 Å². The van der Waals surface area contributed by atoms with Crippen LogP contribution in [0.25, 0.3) is 11.1 Å². The minimum atomic E-state index is -1.04. The zero-order valence-electron chi connectivity index (χ0n) is 15.6. The number of carboxylic acid groups (broad SMARTS) is 1. The van der Waals surface area contributed by atoms with E-state index >= 15 is 0 Å². The number of oxime groups is 1. The molecule has 140 valence electrons. The number of aryl methyl sites for hydroxylation is 2. The second-order valence-corrected chi connectivity index (χ2v) is 6.68. The number of rotatable bonds is 4. The number of carboxylic acids is 1. The van der Waals surface area contributed by atoms with Crippen molar-refractivity contribution in [2.45, 2.75) is 26.3 Å². The molecule has 1 aliphatic rings. The maximum Gasteiger partial charge on any atom is 0.326 e. The van der Waals surface area contributed by atoms with Crippen molar-refractivity contribution in [2.24, 2.45) is 5.16 Å². The van der Waals surface area contributed by atoms with Crippen LogP contribution in [0.3, 0.4) is 0 Å². The third-order valence-corrected chi connectivity index (χ3v) is 4.84. The fraction of sp³-hybridized carbons (Fsp3) is 0.286. The fourth-order valence-corrected chi connectivity index (χ4v) is 3.46. The van der Waals surface area contributed by atoms with Crippen LogP contribution in [0, 0.1) is 13.8 Å². The molecule has 1 aliphatic heterocycles. The van der Waals surface area contributed by atoms with E-state index < -0.39 is 12.0 Å². The topological polar surface area (TPSA) is 79.2 Å². The summed E-state index contributed by atoms with van der Waals surface area (Å²) in [6, 6.07) is 12.8. The van der Waals surface area contributed by atoms with Crippen molar-refractivity contribution in [1.29, 1.82) is 0 Å². The zero-order chi connectivity index (χ0) is 19.6. The molecule has 1 N–H and O–H groups in total. The lowest BCUT2D eigenvalue weighted by atomic mass is 9.96. The number of amides is 1. The molecule has 2 aromatic carbocycles. The average molecular weight is 366 g/mol. The fourth-order valence-electron chi connectivity index (χ4n) is 3.46. The first kappa shape index (κ1) is 18.6. The Bertz CT molecular complexity index is 920. The van der Waals surface area contributed by atoms with Crippen molar-refractivity contribution in [1.82, 2.24) is 4.90 Å². The van der Waals surface area contributed by atoms with E-state index in [1.807, 2.05) is 50.2 Å². The van der Waals surface area contributed by atoms with E-state index in [9.17, 15) is 14.7 Å². The predicted molar refractivity (Wildman–Crippen MR) is 103 cm³/mol. The maximum atomic E-state index is 13.0. The summed E-state index contributed by atoms with van der Waals surface area (Å²) in [5, 5.41) is 13.3. The first-order valence-corrected chi connectivity index (χ1v) is 8.71. The Kier molecular flexibility index (Phi) is 5.26. The van der Waals surface area contributed by atoms with Gasteiger partial charge in [-0.3, -0.25) is 4.79 Å². The zero-order valence-corrected chi connectivity index (χ0v) is 15.6. The van der Waals surface area contributed by atoms with Crippen LogP contribution in [0.1, 0.15) is 27.9 Å². The monoisotopic (exact) mass is 366 g/mol. The Morgan fingerprint density at radius 1 is 1.15 bits per heavy atom. The summed E-state index contributed by atoms with van der Waals surface area (Å²) < 4.78 is 0. The molecule has 1 heterocycles. The summed E-state index contributed by atoms with van der Waals surface area (Å²) in [7, 11) is 1.40. The van der Waals surface area contributed by atoms with Gasteiger partial charge in [-0.25, -0.2) is 4.79 Å². The van der Waals surface area contributed by atoms with Gasteiger partial charge in [-0.05, 0) is 42.2 Å². The number of hydrogen-bond donors (Lipinski definition) is 1. The number of carbonyl (C=O) groups excluding carboxylic acids is 1. The van der Waals surface area contributed by atoms with E-state index in [1.54, 1.807) is 6.07 Å². The molecule has 0 aliphatic carbocycles. The molecule has 0 saturated carbocycles. The molecule has 3 rings (SSSR count). The summed E-state index contributed by atoms with van der Waals surface area (Å²) >= 11 is 0. The van der Waals surface area contributed by atoms with E-state index in [-0.39, 0.29) is 18.9 Å². The lowest BCUT2D eigenvalue weighted by molar-refractivity contribution is -0.141. The van der Waals surface area contributed by atoms with Crippen molar-refractivity contribution in [3.05, 3.63) is 59.2 Å². The third kappa shape index (κ3) is 3.69. The molecular weight excluding hydrogens is 344 g/mol. The molecule has 2 aromatic rings. The van der Waals surface area contributed by atoms with Crippen LogP contribution in [0.4, 0.5) is 0 Å². The lowest BCUT2D eigenvalue weighted by Crippen LogP contribution is -2.40. The third-order valence-electron chi connectivity index (χ3n) is 4.84. The van der Waals surface area contributed by atoms with Crippen LogP contribution >= 0.6 is 0 Å². The summed E-state index contributed by atoms with van der Waals surface area (Å²) in [4.78, 5) is 30.7. The SMILES string of the molecule is CON=C1C[C@@H](C(=O)O)N(C(=O)c2ccc(-c3ccccc3C)cc2C)C1. The van der Waals surface area contributed by atoms with Gasteiger partial charge in [0.15, 0.2) is 0 Å². The van der Waals surface area contributed by atoms with Gasteiger partial charge in [0.2, 0.25) is 0 Å². The predicted octanol–water partition coefficient (Wildman–Crippen LogP) is 3.27. The van der Waals surface area contributed by atoms with Gasteiger partial charge in [-0.1, -0.05) is 41.6 Å². The van der Waals surface area contributed by atoms with Gasteiger partial charge < -0.3 is 14.8 Å². The molecule has 6 nitrogen and oxygen atoms in total.